The lowest BCUT2D eigenvalue weighted by Crippen LogP contribution is -2.31. The van der Waals surface area contributed by atoms with E-state index in [0.29, 0.717) is 18.8 Å². The summed E-state index contributed by atoms with van der Waals surface area (Å²) in [5, 5.41) is -0.650. The molecule has 0 saturated heterocycles. The van der Waals surface area contributed by atoms with E-state index in [9.17, 15) is 13.2 Å². The molecule has 1 rings (SSSR count). The van der Waals surface area contributed by atoms with Gasteiger partial charge in [0.05, 0.1) is 19.1 Å². The maximum Gasteiger partial charge on any atom is 0.243 e. The molecule has 8 heteroatoms. The van der Waals surface area contributed by atoms with Crippen LogP contribution in [0.5, 0.6) is 11.5 Å². The summed E-state index contributed by atoms with van der Waals surface area (Å²) in [7, 11) is -0.900. The lowest BCUT2D eigenvalue weighted by molar-refractivity contribution is -0.111. The molecular weight excluding hydrogens is 330 g/mol. The Morgan fingerprint density at radius 1 is 1.14 bits per heavy atom. The number of nitrogens with zero attached hydrogens (tertiary/aromatic N) is 1. The van der Waals surface area contributed by atoms with Crippen LogP contribution in [-0.4, -0.2) is 45.3 Å². The van der Waals surface area contributed by atoms with Crippen molar-refractivity contribution in [1.29, 1.82) is 0 Å². The summed E-state index contributed by atoms with van der Waals surface area (Å²) < 4.78 is 37.1. The monoisotopic (exact) mass is 349 g/mol. The highest BCUT2D eigenvalue weighted by Gasteiger charge is 2.27. The van der Waals surface area contributed by atoms with Crippen LogP contribution < -0.4 is 9.47 Å². The molecule has 0 aliphatic rings. The molecule has 0 heterocycles. The van der Waals surface area contributed by atoms with Crippen LogP contribution in [-0.2, 0) is 21.2 Å². The van der Waals surface area contributed by atoms with Gasteiger partial charge in [0, 0.05) is 25.6 Å². The fraction of sp³-hybridized carbons (Fsp3) is 0.500. The first-order chi connectivity index (χ1) is 10.3. The fourth-order valence-corrected chi connectivity index (χ4v) is 3.95. The smallest absolute Gasteiger partial charge is 0.243 e. The van der Waals surface area contributed by atoms with E-state index in [4.69, 9.17) is 21.1 Å². The standard InChI is InChI=1S/C14H20ClNO5S/c1-5-16(6-2)22(18,19)13-9-12(21-4)11(20-3)7-10(13)8-14(15)17/h7,9H,5-6,8H2,1-4H3. The van der Waals surface area contributed by atoms with Crippen molar-refractivity contribution in [3.63, 3.8) is 0 Å². The molecule has 0 aliphatic carbocycles. The largest absolute Gasteiger partial charge is 0.493 e. The van der Waals surface area contributed by atoms with E-state index >= 15 is 0 Å². The lowest BCUT2D eigenvalue weighted by Gasteiger charge is -2.21. The van der Waals surface area contributed by atoms with Crippen molar-refractivity contribution in [1.82, 2.24) is 4.31 Å². The molecule has 22 heavy (non-hydrogen) atoms. The molecule has 0 saturated carbocycles. The summed E-state index contributed by atoms with van der Waals surface area (Å²) in [6, 6.07) is 2.83. The molecule has 0 aliphatic heterocycles. The molecule has 0 aromatic heterocycles. The van der Waals surface area contributed by atoms with Gasteiger partial charge in [0.1, 0.15) is 0 Å². The van der Waals surface area contributed by atoms with Crippen molar-refractivity contribution < 1.29 is 22.7 Å². The van der Waals surface area contributed by atoms with E-state index in [1.807, 2.05) is 0 Å². The molecule has 0 N–H and O–H groups in total. The van der Waals surface area contributed by atoms with Gasteiger partial charge in [0.15, 0.2) is 11.5 Å². The van der Waals surface area contributed by atoms with Crippen LogP contribution in [0.15, 0.2) is 17.0 Å². The van der Waals surface area contributed by atoms with Gasteiger partial charge in [-0.3, -0.25) is 4.79 Å². The van der Waals surface area contributed by atoms with Gasteiger partial charge in [-0.2, -0.15) is 4.31 Å². The average Bonchev–Trinajstić information content (AvgIpc) is 2.46. The third-order valence-electron chi connectivity index (χ3n) is 3.22. The Morgan fingerprint density at radius 2 is 1.64 bits per heavy atom. The summed E-state index contributed by atoms with van der Waals surface area (Å²) in [4.78, 5) is 11.2. The molecule has 0 radical (unpaired) electrons. The number of halogens is 1. The Labute approximate surface area is 136 Å². The van der Waals surface area contributed by atoms with E-state index in [1.54, 1.807) is 13.8 Å². The van der Waals surface area contributed by atoms with Crippen LogP contribution in [0.25, 0.3) is 0 Å². The van der Waals surface area contributed by atoms with Crippen molar-refractivity contribution in [3.8, 4) is 11.5 Å². The van der Waals surface area contributed by atoms with Crippen LogP contribution in [0.4, 0.5) is 0 Å². The summed E-state index contributed by atoms with van der Waals surface area (Å²) in [6.45, 7) is 4.13. The second kappa shape index (κ2) is 7.80. The van der Waals surface area contributed by atoms with E-state index in [2.05, 4.69) is 0 Å². The van der Waals surface area contributed by atoms with Crippen molar-refractivity contribution in [3.05, 3.63) is 17.7 Å². The van der Waals surface area contributed by atoms with E-state index < -0.39 is 15.3 Å². The van der Waals surface area contributed by atoms with Crippen molar-refractivity contribution in [2.75, 3.05) is 27.3 Å². The number of methoxy groups -OCH3 is 2. The molecule has 0 unspecified atom stereocenters. The molecule has 6 nitrogen and oxygen atoms in total. The predicted octanol–water partition coefficient (Wildman–Crippen LogP) is 2.04. The maximum atomic E-state index is 12.7. The molecule has 0 fully saturated rings. The molecule has 1 aromatic carbocycles. The Bertz CT molecular complexity index is 641. The van der Waals surface area contributed by atoms with Gasteiger partial charge in [-0.25, -0.2) is 8.42 Å². The molecule has 0 atom stereocenters. The first kappa shape index (κ1) is 18.7. The van der Waals surface area contributed by atoms with Crippen LogP contribution in [0.3, 0.4) is 0 Å². The number of carbonyl (C=O) groups excluding carboxylic acids is 1. The number of hydrogen-bond donors (Lipinski definition) is 0. The SMILES string of the molecule is CCN(CC)S(=O)(=O)c1cc(OC)c(OC)cc1CC(=O)Cl. The fourth-order valence-electron chi connectivity index (χ4n) is 2.13. The number of ether oxygens (including phenoxy) is 2. The molecule has 0 spiro atoms. The maximum absolute atomic E-state index is 12.7. The molecular formula is C14H20ClNO5S. The van der Waals surface area contributed by atoms with Gasteiger partial charge in [-0.1, -0.05) is 13.8 Å². The predicted molar refractivity (Wildman–Crippen MR) is 84.2 cm³/mol. The third kappa shape index (κ3) is 3.91. The Morgan fingerprint density at radius 3 is 2.05 bits per heavy atom. The third-order valence-corrected chi connectivity index (χ3v) is 5.49. The molecule has 0 amide bonds. The van der Waals surface area contributed by atoms with Gasteiger partial charge < -0.3 is 9.47 Å². The quantitative estimate of drug-likeness (QED) is 0.671. The Kier molecular flexibility index (Phi) is 6.65. The van der Waals surface area contributed by atoms with Gasteiger partial charge in [0.2, 0.25) is 15.3 Å². The minimum absolute atomic E-state index is 0.00264. The van der Waals surface area contributed by atoms with Crippen molar-refractivity contribution in [2.24, 2.45) is 0 Å². The highest BCUT2D eigenvalue weighted by atomic mass is 35.5. The van der Waals surface area contributed by atoms with Gasteiger partial charge in [-0.15, -0.1) is 0 Å². The zero-order chi connectivity index (χ0) is 16.9. The van der Waals surface area contributed by atoms with Crippen molar-refractivity contribution >= 4 is 26.9 Å². The number of carbonyl (C=O) groups is 1. The topological polar surface area (TPSA) is 72.9 Å². The van der Waals surface area contributed by atoms with Gasteiger partial charge >= 0.3 is 0 Å². The summed E-state index contributed by atoms with van der Waals surface area (Å²) in [5.74, 6) is 0.618. The first-order valence-corrected chi connectivity index (χ1v) is 8.56. The Balaban J connectivity index is 3.58. The van der Waals surface area contributed by atoms with Crippen LogP contribution >= 0.6 is 11.6 Å². The second-order valence-electron chi connectivity index (χ2n) is 4.44. The van der Waals surface area contributed by atoms with Gasteiger partial charge in [0.25, 0.3) is 0 Å². The van der Waals surface area contributed by atoms with Gasteiger partial charge in [-0.05, 0) is 23.2 Å². The molecule has 124 valence electrons. The van der Waals surface area contributed by atoms with Crippen LogP contribution in [0.2, 0.25) is 0 Å². The van der Waals surface area contributed by atoms with Crippen LogP contribution in [0.1, 0.15) is 19.4 Å². The highest BCUT2D eigenvalue weighted by molar-refractivity contribution is 7.89. The minimum atomic E-state index is -3.75. The zero-order valence-corrected chi connectivity index (χ0v) is 14.6. The van der Waals surface area contributed by atoms with E-state index in [0.717, 1.165) is 0 Å². The lowest BCUT2D eigenvalue weighted by atomic mass is 10.1. The first-order valence-electron chi connectivity index (χ1n) is 6.75. The Hall–Kier alpha value is -1.31. The zero-order valence-electron chi connectivity index (χ0n) is 13.1. The summed E-state index contributed by atoms with van der Waals surface area (Å²) in [6.07, 6.45) is -0.211. The number of rotatable bonds is 8. The van der Waals surface area contributed by atoms with E-state index in [-0.39, 0.29) is 22.6 Å². The number of sulfonamides is 1. The summed E-state index contributed by atoms with van der Waals surface area (Å²) in [5.41, 5.74) is 0.282. The average molecular weight is 350 g/mol. The normalized spacial score (nSPS) is 11.5. The number of benzene rings is 1. The molecule has 0 bridgehead atoms. The minimum Gasteiger partial charge on any atom is -0.493 e. The van der Waals surface area contributed by atoms with Crippen molar-refractivity contribution in [2.45, 2.75) is 25.2 Å². The summed E-state index contributed by atoms with van der Waals surface area (Å²) >= 11 is 5.43. The highest BCUT2D eigenvalue weighted by Crippen LogP contribution is 2.34. The van der Waals surface area contributed by atoms with E-state index in [1.165, 1.54) is 30.7 Å². The molecule has 1 aromatic rings. The second-order valence-corrected chi connectivity index (χ2v) is 6.76. The number of hydrogen-bond acceptors (Lipinski definition) is 5. The van der Waals surface area contributed by atoms with Crippen LogP contribution in [0, 0.1) is 0 Å².